The summed E-state index contributed by atoms with van der Waals surface area (Å²) in [6.07, 6.45) is -0.532. The van der Waals surface area contributed by atoms with Crippen LogP contribution in [0.5, 0.6) is 0 Å². The molecule has 0 unspecified atom stereocenters. The van der Waals surface area contributed by atoms with Crippen LogP contribution in [0.15, 0.2) is 35.3 Å². The van der Waals surface area contributed by atoms with Crippen LogP contribution in [0, 0.1) is 6.85 Å². The molecule has 0 aliphatic rings. The molecule has 1 aromatic carbocycles. The van der Waals surface area contributed by atoms with E-state index < -0.39 is 34.2 Å². The molecule has 0 amide bonds. The summed E-state index contributed by atoms with van der Waals surface area (Å²) in [7, 11) is -3.78. The molecule has 0 aliphatic heterocycles. The molecule has 0 bridgehead atoms. The Morgan fingerprint density at radius 2 is 2.09 bits per heavy atom. The normalized spacial score (nSPS) is 15.3. The van der Waals surface area contributed by atoms with Crippen molar-refractivity contribution in [2.45, 2.75) is 38.1 Å². The number of hydrogen-bond acceptors (Lipinski definition) is 5. The zero-order valence-corrected chi connectivity index (χ0v) is 14.4. The van der Waals surface area contributed by atoms with Crippen LogP contribution in [0.3, 0.4) is 0 Å². The highest BCUT2D eigenvalue weighted by Crippen LogP contribution is 2.22. The molecule has 0 saturated carbocycles. The first-order valence-electron chi connectivity index (χ1n) is 8.65. The van der Waals surface area contributed by atoms with Gasteiger partial charge in [-0.1, -0.05) is 6.07 Å². The Kier molecular flexibility index (Phi) is 3.55. The lowest BCUT2D eigenvalue weighted by Crippen LogP contribution is -2.40. The van der Waals surface area contributed by atoms with Gasteiger partial charge in [-0.05, 0) is 57.4 Å². The van der Waals surface area contributed by atoms with Crippen molar-refractivity contribution in [2.24, 2.45) is 0 Å². The highest BCUT2D eigenvalue weighted by molar-refractivity contribution is 7.89. The van der Waals surface area contributed by atoms with E-state index in [1.54, 1.807) is 26.8 Å². The molecule has 0 radical (unpaired) electrons. The maximum Gasteiger partial charge on any atom is 0.241 e. The van der Waals surface area contributed by atoms with Crippen molar-refractivity contribution in [3.8, 4) is 0 Å². The van der Waals surface area contributed by atoms with Crippen LogP contribution in [0.2, 0.25) is 5.28 Å². The summed E-state index contributed by atoms with van der Waals surface area (Å²) in [5.41, 5.74) is -0.809. The van der Waals surface area contributed by atoms with Gasteiger partial charge in [0.25, 0.3) is 0 Å². The maximum atomic E-state index is 12.5. The van der Waals surface area contributed by atoms with E-state index in [0.29, 0.717) is 0 Å². The number of sulfonamides is 1. The van der Waals surface area contributed by atoms with Gasteiger partial charge in [-0.2, -0.15) is 0 Å². The summed E-state index contributed by atoms with van der Waals surface area (Å²) >= 11 is 5.74. The predicted octanol–water partition coefficient (Wildman–Crippen LogP) is 3.26. The largest absolute Gasteiger partial charge is 0.340 e. The van der Waals surface area contributed by atoms with E-state index in [-0.39, 0.29) is 21.7 Å². The first-order valence-corrected chi connectivity index (χ1v) is 8.51. The number of rotatable bonds is 4. The summed E-state index contributed by atoms with van der Waals surface area (Å²) < 4.78 is 58.0. The minimum atomic E-state index is -3.78. The van der Waals surface area contributed by atoms with Gasteiger partial charge in [-0.25, -0.2) is 23.1 Å². The van der Waals surface area contributed by atoms with Crippen molar-refractivity contribution in [3.05, 3.63) is 41.3 Å². The molecule has 2 aromatic rings. The molecule has 0 spiro atoms. The van der Waals surface area contributed by atoms with Gasteiger partial charge in [0.05, 0.1) is 6.27 Å². The van der Waals surface area contributed by atoms with Crippen LogP contribution in [0.1, 0.15) is 31.8 Å². The molecule has 1 aromatic heterocycles. The number of halogens is 1. The third kappa shape index (κ3) is 4.89. The summed E-state index contributed by atoms with van der Waals surface area (Å²) in [4.78, 5) is 7.39. The maximum absolute atomic E-state index is 12.5. The molecule has 0 fully saturated rings. The Labute approximate surface area is 147 Å². The van der Waals surface area contributed by atoms with Crippen LogP contribution in [0.4, 0.5) is 11.5 Å². The van der Waals surface area contributed by atoms with E-state index in [0.717, 1.165) is 0 Å². The molecule has 1 heterocycles. The Morgan fingerprint density at radius 3 is 2.74 bits per heavy atom. The standard InChI is InChI=1S/C15H19ClN4O2S/c1-10-9-17-14(16)19-13(10)18-11-6-5-7-12(8-11)23(21,22)20-15(2,3)4/h5-9,20H,1-4H3,(H,17,18,19)/i1D3,9D. The molecular weight excluding hydrogens is 336 g/mol. The zero-order valence-electron chi connectivity index (χ0n) is 16.8. The van der Waals surface area contributed by atoms with Gasteiger partial charge in [0, 0.05) is 27.1 Å². The molecule has 0 saturated heterocycles. The van der Waals surface area contributed by atoms with Crippen LogP contribution in [-0.4, -0.2) is 23.9 Å². The fourth-order valence-electron chi connectivity index (χ4n) is 1.76. The molecule has 0 atom stereocenters. The minimum absolute atomic E-state index is 0.0101. The van der Waals surface area contributed by atoms with Crippen LogP contribution >= 0.6 is 11.6 Å². The van der Waals surface area contributed by atoms with Gasteiger partial charge in [-0.3, -0.25) is 0 Å². The Morgan fingerprint density at radius 1 is 1.35 bits per heavy atom. The second kappa shape index (κ2) is 6.43. The molecule has 2 N–H and O–H groups in total. The second-order valence-electron chi connectivity index (χ2n) is 5.84. The van der Waals surface area contributed by atoms with E-state index in [1.165, 1.54) is 18.2 Å². The van der Waals surface area contributed by atoms with Gasteiger partial charge in [0.1, 0.15) is 5.82 Å². The lowest BCUT2D eigenvalue weighted by atomic mass is 10.1. The van der Waals surface area contributed by atoms with E-state index in [9.17, 15) is 8.42 Å². The Hall–Kier alpha value is -1.70. The van der Waals surface area contributed by atoms with Gasteiger partial charge >= 0.3 is 0 Å². The zero-order chi connectivity index (χ0) is 20.6. The van der Waals surface area contributed by atoms with Gasteiger partial charge < -0.3 is 5.32 Å². The number of hydrogen-bond donors (Lipinski definition) is 2. The van der Waals surface area contributed by atoms with Crippen LogP contribution in [0.25, 0.3) is 0 Å². The van der Waals surface area contributed by atoms with Gasteiger partial charge in [-0.15, -0.1) is 0 Å². The molecule has 23 heavy (non-hydrogen) atoms. The monoisotopic (exact) mass is 358 g/mol. The minimum Gasteiger partial charge on any atom is -0.340 e. The SMILES string of the molecule is [2H]c1nc(Cl)nc(Nc2cccc(S(=O)(=O)NC(C)(C)C)c2)c1C([2H])([2H])[2H]. The number of nitrogens with zero attached hydrogens (tertiary/aromatic N) is 2. The smallest absolute Gasteiger partial charge is 0.241 e. The first-order chi connectivity index (χ1) is 12.2. The van der Waals surface area contributed by atoms with E-state index in [2.05, 4.69) is 20.0 Å². The molecule has 6 nitrogen and oxygen atoms in total. The van der Waals surface area contributed by atoms with Crippen LogP contribution in [-0.2, 0) is 10.0 Å². The lowest BCUT2D eigenvalue weighted by Gasteiger charge is -2.20. The van der Waals surface area contributed by atoms with Crippen molar-refractivity contribution in [1.29, 1.82) is 0 Å². The third-order valence-electron chi connectivity index (χ3n) is 2.55. The Balaban J connectivity index is 2.46. The fourth-order valence-corrected chi connectivity index (χ4v) is 3.35. The van der Waals surface area contributed by atoms with Crippen molar-refractivity contribution < 1.29 is 13.9 Å². The summed E-state index contributed by atoms with van der Waals surface area (Å²) in [5, 5.41) is 2.43. The van der Waals surface area contributed by atoms with Crippen LogP contribution < -0.4 is 10.0 Å². The number of nitrogens with one attached hydrogen (secondary N) is 2. The van der Waals surface area contributed by atoms with Crippen molar-refractivity contribution >= 4 is 33.1 Å². The average Bonchev–Trinajstić information content (AvgIpc) is 2.42. The summed E-state index contributed by atoms with van der Waals surface area (Å²) in [5.74, 6) is -0.182. The topological polar surface area (TPSA) is 84.0 Å². The molecule has 0 aliphatic carbocycles. The van der Waals surface area contributed by atoms with Gasteiger partial charge in [0.2, 0.25) is 15.3 Å². The van der Waals surface area contributed by atoms with Gasteiger partial charge in [0.15, 0.2) is 0 Å². The average molecular weight is 359 g/mol. The summed E-state index contributed by atoms with van der Waals surface area (Å²) in [6.45, 7) is 2.50. The van der Waals surface area contributed by atoms with E-state index >= 15 is 0 Å². The van der Waals surface area contributed by atoms with E-state index in [1.807, 2.05) is 0 Å². The highest BCUT2D eigenvalue weighted by atomic mass is 35.5. The number of benzene rings is 1. The summed E-state index contributed by atoms with van der Waals surface area (Å²) in [6, 6.07) is 5.78. The lowest BCUT2D eigenvalue weighted by molar-refractivity contribution is 0.491. The first kappa shape index (κ1) is 12.7. The fraction of sp³-hybridized carbons (Fsp3) is 0.333. The number of aromatic nitrogens is 2. The van der Waals surface area contributed by atoms with E-state index in [4.69, 9.17) is 17.1 Å². The quantitative estimate of drug-likeness (QED) is 0.819. The molecule has 2 rings (SSSR count). The second-order valence-corrected chi connectivity index (χ2v) is 7.86. The molecule has 8 heteroatoms. The van der Waals surface area contributed by atoms with Crippen molar-refractivity contribution in [1.82, 2.24) is 14.7 Å². The predicted molar refractivity (Wildman–Crippen MR) is 91.6 cm³/mol. The number of anilines is 2. The van der Waals surface area contributed by atoms with Crippen molar-refractivity contribution in [2.75, 3.05) is 5.32 Å². The Bertz CT molecular complexity index is 959. The van der Waals surface area contributed by atoms with Crippen molar-refractivity contribution in [3.63, 3.8) is 0 Å². The third-order valence-corrected chi connectivity index (χ3v) is 4.47. The molecular formula is C15H19ClN4O2S. The molecule has 124 valence electrons. The highest BCUT2D eigenvalue weighted by Gasteiger charge is 2.22.